The van der Waals surface area contributed by atoms with Gasteiger partial charge < -0.3 is 14.7 Å². The molecular weight excluding hydrogens is 427 g/mol. The lowest BCUT2D eigenvalue weighted by molar-refractivity contribution is -0.137. The summed E-state index contributed by atoms with van der Waals surface area (Å²) in [7, 11) is 0. The molecule has 3 aromatic rings. The maximum Gasteiger partial charge on any atom is 0.416 e. The second kappa shape index (κ2) is 8.43. The van der Waals surface area contributed by atoms with Gasteiger partial charge in [-0.3, -0.25) is 5.41 Å². The molecule has 9 heteroatoms. The minimum Gasteiger partial charge on any atom is -0.510 e. The number of aromatic nitrogens is 1. The monoisotopic (exact) mass is 445 g/mol. The van der Waals surface area contributed by atoms with Crippen molar-refractivity contribution >= 4 is 22.7 Å². The summed E-state index contributed by atoms with van der Waals surface area (Å²) in [6.45, 7) is 0.946. The van der Waals surface area contributed by atoms with Crippen molar-refractivity contribution in [2.24, 2.45) is 0 Å². The number of aliphatic hydroxyl groups is 1. The van der Waals surface area contributed by atoms with Gasteiger partial charge in [0, 0.05) is 10.9 Å². The normalized spacial score (nSPS) is 14.4. The number of nitrogens with zero attached hydrogens (tertiary/aromatic N) is 2. The zero-order valence-corrected chi connectivity index (χ0v) is 17.0. The van der Waals surface area contributed by atoms with E-state index in [1.807, 2.05) is 30.3 Å². The van der Waals surface area contributed by atoms with Crippen molar-refractivity contribution in [2.45, 2.75) is 6.18 Å². The van der Waals surface area contributed by atoms with Crippen LogP contribution < -0.4 is 4.74 Å². The Morgan fingerprint density at radius 2 is 1.81 bits per heavy atom. The Balaban J connectivity index is 1.43. The summed E-state index contributed by atoms with van der Waals surface area (Å²) in [6, 6.07) is 14.1. The second-order valence-electron chi connectivity index (χ2n) is 6.87. The van der Waals surface area contributed by atoms with Gasteiger partial charge in [0.2, 0.25) is 0 Å². The van der Waals surface area contributed by atoms with E-state index in [0.717, 1.165) is 17.9 Å². The molecule has 0 saturated heterocycles. The van der Waals surface area contributed by atoms with E-state index in [4.69, 9.17) is 10.1 Å². The molecule has 1 aromatic heterocycles. The van der Waals surface area contributed by atoms with Crippen molar-refractivity contribution < 1.29 is 23.0 Å². The summed E-state index contributed by atoms with van der Waals surface area (Å²) in [5.41, 5.74) is 0.641. The first kappa shape index (κ1) is 20.9. The number of rotatable bonds is 6. The van der Waals surface area contributed by atoms with E-state index >= 15 is 0 Å². The molecule has 0 fully saturated rings. The lowest BCUT2D eigenvalue weighted by Crippen LogP contribution is -2.31. The molecule has 2 aromatic carbocycles. The molecule has 2 heterocycles. The van der Waals surface area contributed by atoms with Crippen LogP contribution in [0.4, 0.5) is 13.2 Å². The van der Waals surface area contributed by atoms with Crippen molar-refractivity contribution in [1.82, 2.24) is 9.88 Å². The first-order valence-electron chi connectivity index (χ1n) is 9.40. The first-order chi connectivity index (χ1) is 14.8. The van der Waals surface area contributed by atoms with E-state index in [0.29, 0.717) is 35.0 Å². The van der Waals surface area contributed by atoms with Crippen LogP contribution in [0.15, 0.2) is 65.7 Å². The minimum atomic E-state index is -4.39. The lowest BCUT2D eigenvalue weighted by atomic mass is 10.1. The predicted octanol–water partition coefficient (Wildman–Crippen LogP) is 5.47. The van der Waals surface area contributed by atoms with Gasteiger partial charge in [-0.05, 0) is 24.3 Å². The van der Waals surface area contributed by atoms with Crippen LogP contribution in [0, 0.1) is 5.41 Å². The molecule has 0 spiro atoms. The molecule has 0 aliphatic carbocycles. The molecule has 1 aliphatic rings. The number of amidine groups is 1. The van der Waals surface area contributed by atoms with Crippen molar-refractivity contribution in [1.29, 1.82) is 5.41 Å². The fourth-order valence-corrected chi connectivity index (χ4v) is 4.09. The Labute approximate surface area is 180 Å². The SMILES string of the molecule is N=C1C(c2nc(-c3ccc(C(F)(F)F)cc3)cs2)=C(O)CN1CCOc1ccccc1. The predicted molar refractivity (Wildman–Crippen MR) is 113 cm³/mol. The molecule has 1 aliphatic heterocycles. The third-order valence-electron chi connectivity index (χ3n) is 4.78. The zero-order valence-electron chi connectivity index (χ0n) is 16.2. The van der Waals surface area contributed by atoms with Gasteiger partial charge in [-0.1, -0.05) is 30.3 Å². The molecule has 0 bridgehead atoms. The van der Waals surface area contributed by atoms with E-state index in [1.165, 1.54) is 23.5 Å². The van der Waals surface area contributed by atoms with Crippen molar-refractivity contribution in [3.8, 4) is 17.0 Å². The van der Waals surface area contributed by atoms with Gasteiger partial charge in [0.15, 0.2) is 0 Å². The minimum absolute atomic E-state index is 0.0398. The molecular formula is C22H18F3N3O2S. The maximum atomic E-state index is 12.8. The number of ether oxygens (including phenoxy) is 1. The lowest BCUT2D eigenvalue weighted by Gasteiger charge is -2.18. The third kappa shape index (κ3) is 4.56. The number of para-hydroxylation sites is 1. The molecule has 4 rings (SSSR count). The average Bonchev–Trinajstić information content (AvgIpc) is 3.33. The van der Waals surface area contributed by atoms with Gasteiger partial charge in [0.25, 0.3) is 0 Å². The molecule has 0 atom stereocenters. The summed E-state index contributed by atoms with van der Waals surface area (Å²) in [4.78, 5) is 6.13. The topological polar surface area (TPSA) is 69.4 Å². The smallest absolute Gasteiger partial charge is 0.416 e. The van der Waals surface area contributed by atoms with E-state index in [-0.39, 0.29) is 18.1 Å². The highest BCUT2D eigenvalue weighted by Crippen LogP contribution is 2.34. The maximum absolute atomic E-state index is 12.8. The van der Waals surface area contributed by atoms with Gasteiger partial charge in [0.1, 0.15) is 29.0 Å². The quantitative estimate of drug-likeness (QED) is 0.528. The Hall–Kier alpha value is -3.33. The van der Waals surface area contributed by atoms with Crippen molar-refractivity contribution in [3.05, 3.63) is 76.3 Å². The van der Waals surface area contributed by atoms with Gasteiger partial charge in [0.05, 0.1) is 29.9 Å². The fourth-order valence-electron chi connectivity index (χ4n) is 3.19. The van der Waals surface area contributed by atoms with Crippen LogP contribution in [0.5, 0.6) is 5.75 Å². The summed E-state index contributed by atoms with van der Waals surface area (Å²) < 4.78 is 43.9. The van der Waals surface area contributed by atoms with Crippen molar-refractivity contribution in [3.63, 3.8) is 0 Å². The Morgan fingerprint density at radius 1 is 1.10 bits per heavy atom. The Morgan fingerprint density at radius 3 is 2.48 bits per heavy atom. The largest absolute Gasteiger partial charge is 0.510 e. The van der Waals surface area contributed by atoms with Gasteiger partial charge in [-0.25, -0.2) is 4.98 Å². The highest BCUT2D eigenvalue weighted by molar-refractivity contribution is 7.11. The van der Waals surface area contributed by atoms with Crippen LogP contribution in [0.2, 0.25) is 0 Å². The summed E-state index contributed by atoms with van der Waals surface area (Å²) in [5, 5.41) is 21.0. The molecule has 0 saturated carbocycles. The van der Waals surface area contributed by atoms with Crippen LogP contribution in [0.3, 0.4) is 0 Å². The number of benzene rings is 2. The summed E-state index contributed by atoms with van der Waals surface area (Å²) >= 11 is 1.23. The second-order valence-corrected chi connectivity index (χ2v) is 7.72. The fraction of sp³-hybridized carbons (Fsp3) is 0.182. The average molecular weight is 445 g/mol. The summed E-state index contributed by atoms with van der Waals surface area (Å²) in [5.74, 6) is 0.909. The van der Waals surface area contributed by atoms with E-state index in [1.54, 1.807) is 10.3 Å². The van der Waals surface area contributed by atoms with Crippen LogP contribution in [-0.2, 0) is 6.18 Å². The van der Waals surface area contributed by atoms with Crippen LogP contribution in [-0.4, -0.2) is 40.5 Å². The molecule has 31 heavy (non-hydrogen) atoms. The standard InChI is InChI=1S/C22H18F3N3O2S/c23-22(24,25)15-8-6-14(7-9-15)17-13-31-21(27-17)19-18(29)12-28(20(19)26)10-11-30-16-4-2-1-3-5-16/h1-9,13,26,29H,10-12H2. The molecule has 0 amide bonds. The van der Waals surface area contributed by atoms with Crippen molar-refractivity contribution in [2.75, 3.05) is 19.7 Å². The molecule has 0 radical (unpaired) electrons. The number of hydrogen-bond acceptors (Lipinski definition) is 5. The zero-order chi connectivity index (χ0) is 22.0. The van der Waals surface area contributed by atoms with Crippen LogP contribution >= 0.6 is 11.3 Å². The van der Waals surface area contributed by atoms with E-state index in [9.17, 15) is 18.3 Å². The Kier molecular flexibility index (Phi) is 5.69. The van der Waals surface area contributed by atoms with E-state index < -0.39 is 11.7 Å². The molecule has 2 N–H and O–H groups in total. The number of halogens is 3. The molecule has 160 valence electrons. The van der Waals surface area contributed by atoms with Gasteiger partial charge >= 0.3 is 6.18 Å². The molecule has 0 unspecified atom stereocenters. The summed E-state index contributed by atoms with van der Waals surface area (Å²) in [6.07, 6.45) is -4.39. The molecule has 5 nitrogen and oxygen atoms in total. The Bertz CT molecular complexity index is 1110. The number of aliphatic hydroxyl groups excluding tert-OH is 1. The number of nitrogens with one attached hydrogen (secondary N) is 1. The first-order valence-corrected chi connectivity index (χ1v) is 10.3. The van der Waals surface area contributed by atoms with Gasteiger partial charge in [-0.2, -0.15) is 13.2 Å². The van der Waals surface area contributed by atoms with Crippen LogP contribution in [0.25, 0.3) is 16.8 Å². The highest BCUT2D eigenvalue weighted by Gasteiger charge is 2.31. The highest BCUT2D eigenvalue weighted by atomic mass is 32.1. The third-order valence-corrected chi connectivity index (χ3v) is 5.64. The van der Waals surface area contributed by atoms with Gasteiger partial charge in [-0.15, -0.1) is 11.3 Å². The number of hydrogen-bond donors (Lipinski definition) is 2. The van der Waals surface area contributed by atoms with E-state index in [2.05, 4.69) is 4.98 Å². The van der Waals surface area contributed by atoms with Crippen LogP contribution in [0.1, 0.15) is 10.6 Å². The number of alkyl halides is 3. The number of thiazole rings is 1.